The van der Waals surface area contributed by atoms with Crippen molar-refractivity contribution in [3.05, 3.63) is 59.3 Å². The molecule has 0 bridgehead atoms. The Kier molecular flexibility index (Phi) is 12.5. The van der Waals surface area contributed by atoms with E-state index in [1.165, 1.54) is 26.4 Å². The summed E-state index contributed by atoms with van der Waals surface area (Å²) in [5, 5.41) is 3.71. The van der Waals surface area contributed by atoms with E-state index in [4.69, 9.17) is 14.2 Å². The molecule has 0 atom stereocenters. The van der Waals surface area contributed by atoms with E-state index in [1.807, 2.05) is 43.3 Å². The molecule has 33 heavy (non-hydrogen) atoms. The lowest BCUT2D eigenvalue weighted by molar-refractivity contribution is 0.215. The van der Waals surface area contributed by atoms with Crippen molar-refractivity contribution in [3.63, 3.8) is 0 Å². The number of oxime groups is 1. The summed E-state index contributed by atoms with van der Waals surface area (Å²) in [6, 6.07) is 7.86. The van der Waals surface area contributed by atoms with Crippen LogP contribution in [0.5, 0.6) is 17.4 Å². The summed E-state index contributed by atoms with van der Waals surface area (Å²) >= 11 is 0. The van der Waals surface area contributed by atoms with Gasteiger partial charge in [0.1, 0.15) is 25.2 Å². The molecule has 0 N–H and O–H groups in total. The summed E-state index contributed by atoms with van der Waals surface area (Å²) in [6.07, 6.45) is 14.2. The van der Waals surface area contributed by atoms with E-state index in [1.54, 1.807) is 12.4 Å². The van der Waals surface area contributed by atoms with Gasteiger partial charge in [-0.05, 0) is 62.9 Å². The van der Waals surface area contributed by atoms with E-state index in [0.717, 1.165) is 54.1 Å². The number of aryl methyl sites for hydroxylation is 2. The van der Waals surface area contributed by atoms with Gasteiger partial charge in [0.2, 0.25) is 5.88 Å². The van der Waals surface area contributed by atoms with Crippen LogP contribution in [0.2, 0.25) is 0 Å². The molecular formula is C27H38N2O4. The molecule has 0 aliphatic heterocycles. The first-order chi connectivity index (χ1) is 16.1. The fourth-order valence-corrected chi connectivity index (χ4v) is 3.39. The Bertz CT molecular complexity index is 840. The maximum Gasteiger partial charge on any atom is 0.213 e. The zero-order valence-electron chi connectivity index (χ0n) is 20.5. The molecular weight excluding hydrogens is 416 g/mol. The molecule has 0 saturated carbocycles. The Morgan fingerprint density at radius 3 is 2.15 bits per heavy atom. The highest BCUT2D eigenvalue weighted by molar-refractivity contribution is 5.78. The van der Waals surface area contributed by atoms with Gasteiger partial charge >= 0.3 is 0 Å². The van der Waals surface area contributed by atoms with Crippen molar-refractivity contribution in [2.24, 2.45) is 5.16 Å². The van der Waals surface area contributed by atoms with Gasteiger partial charge in [-0.25, -0.2) is 4.98 Å². The largest absolute Gasteiger partial charge is 0.493 e. The number of aromatic nitrogens is 1. The third kappa shape index (κ3) is 10.4. The minimum Gasteiger partial charge on any atom is -0.493 e. The van der Waals surface area contributed by atoms with Gasteiger partial charge in [-0.3, -0.25) is 0 Å². The van der Waals surface area contributed by atoms with Gasteiger partial charge in [-0.15, -0.1) is 0 Å². The van der Waals surface area contributed by atoms with Crippen LogP contribution in [-0.2, 0) is 4.84 Å². The van der Waals surface area contributed by atoms with Gasteiger partial charge in [0.15, 0.2) is 0 Å². The summed E-state index contributed by atoms with van der Waals surface area (Å²) in [5.74, 6) is 2.52. The Morgan fingerprint density at radius 2 is 1.55 bits per heavy atom. The van der Waals surface area contributed by atoms with Crippen LogP contribution in [0.25, 0.3) is 0 Å². The molecule has 1 heterocycles. The maximum absolute atomic E-state index is 6.06. The van der Waals surface area contributed by atoms with Gasteiger partial charge in [-0.2, -0.15) is 0 Å². The van der Waals surface area contributed by atoms with Crippen LogP contribution in [-0.4, -0.2) is 38.1 Å². The molecule has 6 nitrogen and oxygen atoms in total. The number of allylic oxidation sites excluding steroid dienone is 1. The number of hydrogen-bond acceptors (Lipinski definition) is 6. The zero-order chi connectivity index (χ0) is 23.7. The molecule has 1 aromatic heterocycles. The normalized spacial score (nSPS) is 11.3. The monoisotopic (exact) mass is 454 g/mol. The van der Waals surface area contributed by atoms with Gasteiger partial charge in [0, 0.05) is 17.8 Å². The summed E-state index contributed by atoms with van der Waals surface area (Å²) in [5.41, 5.74) is 3.13. The van der Waals surface area contributed by atoms with Crippen molar-refractivity contribution in [3.8, 4) is 17.4 Å². The molecule has 0 saturated heterocycles. The number of ether oxygens (including phenoxy) is 3. The molecule has 0 amide bonds. The lowest BCUT2D eigenvalue weighted by Crippen LogP contribution is -2.02. The molecule has 180 valence electrons. The van der Waals surface area contributed by atoms with Gasteiger partial charge in [0.25, 0.3) is 0 Å². The summed E-state index contributed by atoms with van der Waals surface area (Å²) in [6.45, 7) is 8.18. The molecule has 0 fully saturated rings. The van der Waals surface area contributed by atoms with E-state index in [0.29, 0.717) is 19.1 Å². The number of pyridine rings is 1. The third-order valence-electron chi connectivity index (χ3n) is 5.12. The highest BCUT2D eigenvalue weighted by Gasteiger charge is 2.07. The van der Waals surface area contributed by atoms with Crippen molar-refractivity contribution >= 4 is 6.21 Å². The number of hydrogen-bond donors (Lipinski definition) is 0. The smallest absolute Gasteiger partial charge is 0.213 e. The lowest BCUT2D eigenvalue weighted by Gasteiger charge is -2.14. The lowest BCUT2D eigenvalue weighted by atomic mass is 10.1. The van der Waals surface area contributed by atoms with Gasteiger partial charge in [0.05, 0.1) is 19.4 Å². The number of nitrogens with zero attached hydrogens (tertiary/aromatic N) is 2. The van der Waals surface area contributed by atoms with Crippen LogP contribution >= 0.6 is 0 Å². The quantitative estimate of drug-likeness (QED) is 0.127. The van der Waals surface area contributed by atoms with E-state index in [-0.39, 0.29) is 0 Å². The van der Waals surface area contributed by atoms with Crippen molar-refractivity contribution in [2.75, 3.05) is 26.9 Å². The first-order valence-electron chi connectivity index (χ1n) is 11.8. The first kappa shape index (κ1) is 26.2. The van der Waals surface area contributed by atoms with Crippen LogP contribution in [0.15, 0.2) is 47.8 Å². The highest BCUT2D eigenvalue weighted by atomic mass is 16.6. The average molecular weight is 455 g/mol. The van der Waals surface area contributed by atoms with E-state index in [2.05, 4.69) is 28.8 Å². The van der Waals surface area contributed by atoms with Gasteiger partial charge in [-0.1, -0.05) is 43.0 Å². The Balaban J connectivity index is 1.53. The van der Waals surface area contributed by atoms with Crippen LogP contribution in [0.3, 0.4) is 0 Å². The second-order valence-corrected chi connectivity index (χ2v) is 7.93. The molecule has 2 rings (SSSR count). The molecule has 0 spiro atoms. The molecule has 0 radical (unpaired) electrons. The number of rotatable bonds is 16. The van der Waals surface area contributed by atoms with Crippen LogP contribution in [0.4, 0.5) is 0 Å². The molecule has 0 aliphatic rings. The zero-order valence-corrected chi connectivity index (χ0v) is 20.5. The van der Waals surface area contributed by atoms with Crippen LogP contribution in [0.1, 0.15) is 62.1 Å². The molecule has 2 aromatic rings. The topological polar surface area (TPSA) is 62.2 Å². The Labute approximate surface area is 198 Å². The van der Waals surface area contributed by atoms with Crippen molar-refractivity contribution in [1.29, 1.82) is 0 Å². The van der Waals surface area contributed by atoms with E-state index >= 15 is 0 Å². The minimum absolute atomic E-state index is 0.594. The van der Waals surface area contributed by atoms with Crippen molar-refractivity contribution in [2.45, 2.75) is 59.3 Å². The van der Waals surface area contributed by atoms with Gasteiger partial charge < -0.3 is 19.0 Å². The molecule has 0 unspecified atom stereocenters. The second kappa shape index (κ2) is 15.7. The SMILES string of the molecule is C/C=C/COc1cc(C)c(OCCCCCCCCOc2ccc(/C=N/OC)cn2)c(C)c1. The van der Waals surface area contributed by atoms with Crippen LogP contribution < -0.4 is 14.2 Å². The predicted molar refractivity (Wildman–Crippen MR) is 134 cm³/mol. The summed E-state index contributed by atoms with van der Waals surface area (Å²) in [4.78, 5) is 8.92. The number of unbranched alkanes of at least 4 members (excludes halogenated alkanes) is 5. The fraction of sp³-hybridized carbons (Fsp3) is 0.481. The predicted octanol–water partition coefficient (Wildman–Crippen LogP) is 6.43. The Hall–Kier alpha value is -3.02. The van der Waals surface area contributed by atoms with Crippen LogP contribution in [0, 0.1) is 13.8 Å². The molecule has 6 heteroatoms. The third-order valence-corrected chi connectivity index (χ3v) is 5.12. The first-order valence-corrected chi connectivity index (χ1v) is 11.8. The summed E-state index contributed by atoms with van der Waals surface area (Å²) < 4.78 is 17.5. The second-order valence-electron chi connectivity index (χ2n) is 7.93. The average Bonchev–Trinajstić information content (AvgIpc) is 2.81. The highest BCUT2D eigenvalue weighted by Crippen LogP contribution is 2.28. The fourth-order valence-electron chi connectivity index (χ4n) is 3.39. The van der Waals surface area contributed by atoms with Crippen molar-refractivity contribution in [1.82, 2.24) is 4.98 Å². The van der Waals surface area contributed by atoms with Crippen molar-refractivity contribution < 1.29 is 19.0 Å². The maximum atomic E-state index is 6.06. The standard InChI is InChI=1S/C27H38N2O4/c1-5-6-15-31-25-18-22(2)27(23(3)19-25)33-17-12-10-8-7-9-11-16-32-26-14-13-24(20-28-26)21-29-30-4/h5-6,13-14,18-21H,7-12,15-17H2,1-4H3/b6-5+,29-21+. The van der Waals surface area contributed by atoms with E-state index < -0.39 is 0 Å². The number of benzene rings is 1. The van der Waals surface area contributed by atoms with E-state index in [9.17, 15) is 0 Å². The summed E-state index contributed by atoms with van der Waals surface area (Å²) in [7, 11) is 1.51. The minimum atomic E-state index is 0.594. The molecule has 0 aliphatic carbocycles. The Morgan fingerprint density at radius 1 is 0.879 bits per heavy atom. The molecule has 1 aromatic carbocycles.